The monoisotopic (exact) mass is 357 g/mol. The van der Waals surface area contributed by atoms with Crippen molar-refractivity contribution in [1.29, 1.82) is 0 Å². The van der Waals surface area contributed by atoms with E-state index in [1.54, 1.807) is 18.2 Å². The van der Waals surface area contributed by atoms with Gasteiger partial charge in [0.15, 0.2) is 5.69 Å². The molecule has 0 aliphatic carbocycles. The molecule has 1 aliphatic heterocycles. The molecule has 0 amide bonds. The predicted molar refractivity (Wildman–Crippen MR) is 92.4 cm³/mol. The minimum atomic E-state index is -1.42. The van der Waals surface area contributed by atoms with E-state index in [4.69, 9.17) is 4.74 Å². The van der Waals surface area contributed by atoms with E-state index in [-0.39, 0.29) is 11.6 Å². The number of carbonyl (C=O) groups excluding carboxylic acids is 1. The van der Waals surface area contributed by atoms with E-state index in [1.807, 2.05) is 0 Å². The number of aromatic nitrogens is 2. The molecule has 1 aromatic heterocycles. The highest BCUT2D eigenvalue weighted by Gasteiger charge is 2.27. The molecule has 26 heavy (non-hydrogen) atoms. The maximum absolute atomic E-state index is 12.7. The van der Waals surface area contributed by atoms with Gasteiger partial charge in [0.05, 0.1) is 11.6 Å². The number of rotatable bonds is 4. The lowest BCUT2D eigenvalue weighted by atomic mass is 10.0. The second-order valence-corrected chi connectivity index (χ2v) is 6.08. The molecule has 2 heterocycles. The number of aromatic carboxylic acids is 1. The Morgan fingerprint density at radius 1 is 1.27 bits per heavy atom. The van der Waals surface area contributed by atoms with Crippen molar-refractivity contribution in [2.45, 2.75) is 25.3 Å². The fourth-order valence-electron chi connectivity index (χ4n) is 2.94. The lowest BCUT2D eigenvalue weighted by molar-refractivity contribution is 0.0671. The summed E-state index contributed by atoms with van der Waals surface area (Å²) >= 11 is 0. The molecule has 8 heteroatoms. The van der Waals surface area contributed by atoms with Crippen LogP contribution < -0.4 is 15.6 Å². The number of esters is 1. The molecule has 3 rings (SSSR count). The van der Waals surface area contributed by atoms with Crippen molar-refractivity contribution in [3.63, 3.8) is 0 Å². The maximum Gasteiger partial charge on any atom is 0.358 e. The topological polar surface area (TPSA) is 111 Å². The van der Waals surface area contributed by atoms with Gasteiger partial charge in [-0.15, -0.1) is 0 Å². The first-order valence-electron chi connectivity index (χ1n) is 8.34. The number of hydrogen-bond donors (Lipinski definition) is 2. The Morgan fingerprint density at radius 2 is 2.00 bits per heavy atom. The third-order valence-electron chi connectivity index (χ3n) is 4.31. The summed E-state index contributed by atoms with van der Waals surface area (Å²) in [6.45, 7) is 0.772. The van der Waals surface area contributed by atoms with Gasteiger partial charge in [-0.2, -0.15) is 0 Å². The molecule has 1 unspecified atom stereocenters. The quantitative estimate of drug-likeness (QED) is 0.798. The first kappa shape index (κ1) is 17.8. The Morgan fingerprint density at radius 3 is 2.62 bits per heavy atom. The van der Waals surface area contributed by atoms with Gasteiger partial charge in [0.25, 0.3) is 5.56 Å². The Hall–Kier alpha value is -3.00. The summed E-state index contributed by atoms with van der Waals surface area (Å²) in [6.07, 6.45) is 2.73. The van der Waals surface area contributed by atoms with Crippen LogP contribution in [0.3, 0.4) is 0 Å². The van der Waals surface area contributed by atoms with E-state index in [0.29, 0.717) is 5.82 Å². The molecule has 0 bridgehead atoms. The summed E-state index contributed by atoms with van der Waals surface area (Å²) in [5.41, 5.74) is -1.05. The minimum absolute atomic E-state index is 0.210. The molecule has 0 saturated carbocycles. The Labute approximate surface area is 149 Å². The summed E-state index contributed by atoms with van der Waals surface area (Å²) in [5, 5.41) is 12.7. The van der Waals surface area contributed by atoms with Gasteiger partial charge in [-0.3, -0.25) is 9.36 Å². The van der Waals surface area contributed by atoms with Crippen molar-refractivity contribution in [3.8, 4) is 5.75 Å². The lowest BCUT2D eigenvalue weighted by Gasteiger charge is -2.25. The second-order valence-electron chi connectivity index (χ2n) is 6.08. The number of benzene rings is 1. The smallest absolute Gasteiger partial charge is 0.358 e. The van der Waals surface area contributed by atoms with E-state index in [2.05, 4.69) is 10.3 Å². The molecule has 2 aromatic rings. The van der Waals surface area contributed by atoms with Gasteiger partial charge in [0.2, 0.25) is 5.75 Å². The summed E-state index contributed by atoms with van der Waals surface area (Å²) in [4.78, 5) is 40.7. The van der Waals surface area contributed by atoms with Crippen LogP contribution in [0.15, 0.2) is 35.1 Å². The summed E-state index contributed by atoms with van der Waals surface area (Å²) < 4.78 is 6.35. The van der Waals surface area contributed by atoms with Gasteiger partial charge in [-0.1, -0.05) is 24.6 Å². The van der Waals surface area contributed by atoms with E-state index in [0.717, 1.165) is 25.8 Å². The molecular formula is C18H19N3O5. The fraction of sp³-hybridized carbons (Fsp3) is 0.333. The lowest BCUT2D eigenvalue weighted by Crippen LogP contribution is -2.35. The molecule has 8 nitrogen and oxygen atoms in total. The first-order chi connectivity index (χ1) is 12.5. The van der Waals surface area contributed by atoms with Gasteiger partial charge >= 0.3 is 11.9 Å². The molecule has 136 valence electrons. The predicted octanol–water partition coefficient (Wildman–Crippen LogP) is 1.51. The summed E-state index contributed by atoms with van der Waals surface area (Å²) in [5.74, 6) is -2.48. The highest BCUT2D eigenvalue weighted by molar-refractivity contribution is 5.94. The number of carbonyl (C=O) groups is 2. The molecule has 2 N–H and O–H groups in total. The van der Waals surface area contributed by atoms with Crippen molar-refractivity contribution in [2.75, 3.05) is 6.54 Å². The Balaban J connectivity index is 2.02. The number of nitrogens with zero attached hydrogens (tertiary/aromatic N) is 2. The zero-order chi connectivity index (χ0) is 18.7. The van der Waals surface area contributed by atoms with Crippen molar-refractivity contribution in [3.05, 3.63) is 57.8 Å². The molecule has 0 radical (unpaired) electrons. The molecule has 1 saturated heterocycles. The average molecular weight is 357 g/mol. The van der Waals surface area contributed by atoms with Crippen LogP contribution in [0.25, 0.3) is 0 Å². The summed E-state index contributed by atoms with van der Waals surface area (Å²) in [7, 11) is 1.49. The molecule has 1 aromatic carbocycles. The SMILES string of the molecule is Cn1c(C2CCCCN2)nc(C(=O)O)c(OC(=O)c2ccccc2)c1=O. The van der Waals surface area contributed by atoms with E-state index in [1.165, 1.54) is 23.7 Å². The number of hydrogen-bond acceptors (Lipinski definition) is 6. The molecule has 1 aliphatic rings. The van der Waals surface area contributed by atoms with Crippen LogP contribution in [-0.2, 0) is 7.05 Å². The maximum atomic E-state index is 12.7. The van der Waals surface area contributed by atoms with Crippen LogP contribution in [0, 0.1) is 0 Å². The second kappa shape index (κ2) is 7.49. The average Bonchev–Trinajstić information content (AvgIpc) is 2.66. The van der Waals surface area contributed by atoms with Crippen molar-refractivity contribution < 1.29 is 19.4 Å². The minimum Gasteiger partial charge on any atom is -0.476 e. The Kier molecular flexibility index (Phi) is 5.13. The van der Waals surface area contributed by atoms with Crippen LogP contribution in [0.1, 0.15) is 52.0 Å². The van der Waals surface area contributed by atoms with Crippen LogP contribution >= 0.6 is 0 Å². The van der Waals surface area contributed by atoms with E-state index >= 15 is 0 Å². The van der Waals surface area contributed by atoms with E-state index < -0.39 is 28.9 Å². The molecule has 1 fully saturated rings. The summed E-state index contributed by atoms with van der Waals surface area (Å²) in [6, 6.07) is 7.83. The zero-order valence-electron chi connectivity index (χ0n) is 14.3. The van der Waals surface area contributed by atoms with Crippen LogP contribution in [0.5, 0.6) is 5.75 Å². The number of piperidine rings is 1. The largest absolute Gasteiger partial charge is 0.476 e. The normalized spacial score (nSPS) is 16.9. The van der Waals surface area contributed by atoms with Crippen LogP contribution in [0.4, 0.5) is 0 Å². The highest BCUT2D eigenvalue weighted by atomic mass is 16.5. The van der Waals surface area contributed by atoms with Crippen molar-refractivity contribution >= 4 is 11.9 Å². The number of carboxylic acids is 1. The van der Waals surface area contributed by atoms with Crippen molar-refractivity contribution in [2.24, 2.45) is 7.05 Å². The van der Waals surface area contributed by atoms with Crippen LogP contribution in [0.2, 0.25) is 0 Å². The van der Waals surface area contributed by atoms with Crippen LogP contribution in [-0.4, -0.2) is 33.1 Å². The zero-order valence-corrected chi connectivity index (χ0v) is 14.3. The number of ether oxygens (including phenoxy) is 1. The van der Waals surface area contributed by atoms with Gasteiger partial charge in [0.1, 0.15) is 5.82 Å². The first-order valence-corrected chi connectivity index (χ1v) is 8.34. The van der Waals surface area contributed by atoms with Gasteiger partial charge in [-0.25, -0.2) is 14.6 Å². The molecule has 1 atom stereocenters. The van der Waals surface area contributed by atoms with Gasteiger partial charge in [-0.05, 0) is 31.5 Å². The van der Waals surface area contributed by atoms with Gasteiger partial charge in [0, 0.05) is 7.05 Å². The molecule has 0 spiro atoms. The van der Waals surface area contributed by atoms with Gasteiger partial charge < -0.3 is 15.2 Å². The third-order valence-corrected chi connectivity index (χ3v) is 4.31. The fourth-order valence-corrected chi connectivity index (χ4v) is 2.94. The van der Waals surface area contributed by atoms with Crippen molar-refractivity contribution in [1.82, 2.24) is 14.9 Å². The number of carboxylic acid groups (broad SMARTS) is 1. The number of nitrogens with one attached hydrogen (secondary N) is 1. The highest BCUT2D eigenvalue weighted by Crippen LogP contribution is 2.23. The molecular weight excluding hydrogens is 338 g/mol. The Bertz CT molecular complexity index is 886. The third kappa shape index (κ3) is 3.50. The van der Waals surface area contributed by atoms with E-state index in [9.17, 15) is 19.5 Å². The standard InChI is InChI=1S/C18H19N3O5/c1-21-15(12-9-5-6-10-19-12)20-13(17(23)24)14(16(21)22)26-18(25)11-7-3-2-4-8-11/h2-4,7-8,12,19H,5-6,9-10H2,1H3,(H,23,24).